The van der Waals surface area contributed by atoms with Crippen LogP contribution in [0.5, 0.6) is 5.75 Å². The minimum Gasteiger partial charge on any atom is -0.495 e. The first kappa shape index (κ1) is 18.4. The van der Waals surface area contributed by atoms with Crippen LogP contribution >= 0.6 is 0 Å². The molecule has 0 radical (unpaired) electrons. The molecule has 0 aliphatic rings. The van der Waals surface area contributed by atoms with Gasteiger partial charge in [-0.1, -0.05) is 31.2 Å². The van der Waals surface area contributed by atoms with E-state index in [1.807, 2.05) is 56.3 Å². The van der Waals surface area contributed by atoms with Crippen molar-refractivity contribution in [1.82, 2.24) is 10.2 Å². The Balaban J connectivity index is 1.73. The van der Waals surface area contributed by atoms with Crippen LogP contribution in [0.1, 0.15) is 28.5 Å². The highest BCUT2D eigenvalue weighted by Gasteiger charge is 2.11. The summed E-state index contributed by atoms with van der Waals surface area (Å²) in [6.45, 7) is 4.04. The molecule has 138 valence electrons. The van der Waals surface area contributed by atoms with Crippen LogP contribution in [0.3, 0.4) is 0 Å². The molecule has 0 fully saturated rings. The lowest BCUT2D eigenvalue weighted by Crippen LogP contribution is -2.15. The van der Waals surface area contributed by atoms with Gasteiger partial charge in [0.2, 0.25) is 0 Å². The Kier molecular flexibility index (Phi) is 5.66. The van der Waals surface area contributed by atoms with Crippen LogP contribution in [0, 0.1) is 6.92 Å². The second kappa shape index (κ2) is 8.31. The molecule has 0 bridgehead atoms. The van der Waals surface area contributed by atoms with Gasteiger partial charge in [0.05, 0.1) is 12.8 Å². The number of anilines is 3. The Labute approximate surface area is 158 Å². The number of benzene rings is 2. The summed E-state index contributed by atoms with van der Waals surface area (Å²) in [4.78, 5) is 12.4. The van der Waals surface area contributed by atoms with Crippen LogP contribution in [0.25, 0.3) is 0 Å². The molecule has 0 saturated carbocycles. The first-order chi connectivity index (χ1) is 13.1. The van der Waals surface area contributed by atoms with Crippen LogP contribution < -0.4 is 15.4 Å². The van der Waals surface area contributed by atoms with Crippen LogP contribution in [-0.4, -0.2) is 23.2 Å². The van der Waals surface area contributed by atoms with Crippen molar-refractivity contribution < 1.29 is 9.53 Å². The van der Waals surface area contributed by atoms with Gasteiger partial charge in [0.25, 0.3) is 5.91 Å². The van der Waals surface area contributed by atoms with Crippen molar-refractivity contribution in [1.29, 1.82) is 0 Å². The summed E-state index contributed by atoms with van der Waals surface area (Å²) in [7, 11) is 1.61. The molecule has 3 aromatic rings. The topological polar surface area (TPSA) is 76.1 Å². The zero-order chi connectivity index (χ0) is 19.2. The number of ether oxygens (including phenoxy) is 1. The van der Waals surface area contributed by atoms with E-state index >= 15 is 0 Å². The van der Waals surface area contributed by atoms with Gasteiger partial charge in [-0.3, -0.25) is 4.79 Å². The fourth-order valence-corrected chi connectivity index (χ4v) is 2.71. The normalized spacial score (nSPS) is 10.3. The lowest BCUT2D eigenvalue weighted by Gasteiger charge is -2.11. The van der Waals surface area contributed by atoms with Gasteiger partial charge in [-0.15, -0.1) is 10.2 Å². The third-order valence-electron chi connectivity index (χ3n) is 4.16. The number of hydrogen-bond acceptors (Lipinski definition) is 5. The molecule has 0 aliphatic heterocycles. The Morgan fingerprint density at radius 2 is 1.85 bits per heavy atom. The lowest BCUT2D eigenvalue weighted by atomic mass is 10.1. The highest BCUT2D eigenvalue weighted by atomic mass is 16.5. The van der Waals surface area contributed by atoms with E-state index in [-0.39, 0.29) is 11.6 Å². The molecule has 1 heterocycles. The zero-order valence-corrected chi connectivity index (χ0v) is 15.6. The number of nitrogens with one attached hydrogen (secondary N) is 2. The van der Waals surface area contributed by atoms with Gasteiger partial charge < -0.3 is 15.4 Å². The second-order valence-electron chi connectivity index (χ2n) is 6.10. The third kappa shape index (κ3) is 4.41. The molecule has 1 aromatic heterocycles. The maximum absolute atomic E-state index is 12.4. The monoisotopic (exact) mass is 362 g/mol. The highest BCUT2D eigenvalue weighted by Crippen LogP contribution is 2.27. The van der Waals surface area contributed by atoms with Crippen LogP contribution in [0.2, 0.25) is 0 Å². The minimum absolute atomic E-state index is 0.252. The van der Waals surface area contributed by atoms with Crippen molar-refractivity contribution in [2.45, 2.75) is 20.3 Å². The fraction of sp³-hybridized carbons (Fsp3) is 0.190. The number of carbonyl (C=O) groups excluding carboxylic acids is 1. The Morgan fingerprint density at radius 1 is 1.04 bits per heavy atom. The number of nitrogens with zero attached hydrogens (tertiary/aromatic N) is 2. The number of amides is 1. The van der Waals surface area contributed by atoms with Gasteiger partial charge >= 0.3 is 0 Å². The van der Waals surface area contributed by atoms with E-state index in [0.29, 0.717) is 11.6 Å². The predicted molar refractivity (Wildman–Crippen MR) is 107 cm³/mol. The lowest BCUT2D eigenvalue weighted by molar-refractivity contribution is 0.102. The van der Waals surface area contributed by atoms with E-state index in [4.69, 9.17) is 4.74 Å². The summed E-state index contributed by atoms with van der Waals surface area (Å²) in [5.74, 6) is 0.952. The maximum atomic E-state index is 12.4. The number of aryl methyl sites for hydroxylation is 2. The fourth-order valence-electron chi connectivity index (χ4n) is 2.71. The zero-order valence-electron chi connectivity index (χ0n) is 15.6. The van der Waals surface area contributed by atoms with Crippen molar-refractivity contribution in [2.75, 3.05) is 17.7 Å². The molecule has 6 heteroatoms. The smallest absolute Gasteiger partial charge is 0.276 e. The summed E-state index contributed by atoms with van der Waals surface area (Å²) in [5, 5.41) is 14.2. The highest BCUT2D eigenvalue weighted by molar-refractivity contribution is 6.03. The predicted octanol–water partition coefficient (Wildman–Crippen LogP) is 4.35. The van der Waals surface area contributed by atoms with Crippen LogP contribution in [-0.2, 0) is 6.42 Å². The maximum Gasteiger partial charge on any atom is 0.276 e. The summed E-state index contributed by atoms with van der Waals surface area (Å²) in [6, 6.07) is 16.9. The molecule has 6 nitrogen and oxygen atoms in total. The summed E-state index contributed by atoms with van der Waals surface area (Å²) in [6.07, 6.45) is 0.837. The van der Waals surface area contributed by atoms with Gasteiger partial charge in [-0.25, -0.2) is 0 Å². The van der Waals surface area contributed by atoms with Crippen molar-refractivity contribution in [3.05, 3.63) is 71.4 Å². The van der Waals surface area contributed by atoms with E-state index in [9.17, 15) is 4.79 Å². The summed E-state index contributed by atoms with van der Waals surface area (Å²) < 4.78 is 5.35. The van der Waals surface area contributed by atoms with Gasteiger partial charge in [-0.2, -0.15) is 0 Å². The molecule has 0 spiro atoms. The molecule has 1 amide bonds. The van der Waals surface area contributed by atoms with E-state index in [1.165, 1.54) is 0 Å². The number of carbonyl (C=O) groups is 1. The molecular weight excluding hydrogens is 340 g/mol. The molecule has 2 N–H and O–H groups in total. The number of rotatable bonds is 6. The van der Waals surface area contributed by atoms with Crippen molar-refractivity contribution in [3.8, 4) is 5.75 Å². The summed E-state index contributed by atoms with van der Waals surface area (Å²) in [5.41, 5.74) is 4.00. The van der Waals surface area contributed by atoms with E-state index < -0.39 is 0 Å². The van der Waals surface area contributed by atoms with Crippen molar-refractivity contribution in [3.63, 3.8) is 0 Å². The van der Waals surface area contributed by atoms with Crippen molar-refractivity contribution >= 4 is 23.1 Å². The Bertz CT molecular complexity index is 939. The van der Waals surface area contributed by atoms with E-state index in [0.717, 1.165) is 28.9 Å². The van der Waals surface area contributed by atoms with Crippen molar-refractivity contribution in [2.24, 2.45) is 0 Å². The first-order valence-corrected chi connectivity index (χ1v) is 8.75. The average molecular weight is 362 g/mol. The SMILES string of the molecule is CCc1ccccc1NC(=O)c1ccc(Nc2cc(C)ccc2OC)nn1. The van der Waals surface area contributed by atoms with Gasteiger partial charge in [0.1, 0.15) is 5.75 Å². The quantitative estimate of drug-likeness (QED) is 0.682. The molecule has 27 heavy (non-hydrogen) atoms. The van der Waals surface area contributed by atoms with Gasteiger partial charge in [0, 0.05) is 5.69 Å². The average Bonchev–Trinajstić information content (AvgIpc) is 2.69. The molecule has 0 aliphatic carbocycles. The second-order valence-corrected chi connectivity index (χ2v) is 6.10. The standard InChI is InChI=1S/C21H22N4O2/c1-4-15-7-5-6-8-16(15)23-21(26)17-10-12-20(25-24-17)22-18-13-14(2)9-11-19(18)27-3/h5-13H,4H2,1-3H3,(H,22,25)(H,23,26). The van der Waals surface area contributed by atoms with Gasteiger partial charge in [0.15, 0.2) is 11.5 Å². The largest absolute Gasteiger partial charge is 0.495 e. The van der Waals surface area contributed by atoms with Gasteiger partial charge in [-0.05, 0) is 54.8 Å². The Hall–Kier alpha value is -3.41. The molecule has 0 saturated heterocycles. The molecular formula is C21H22N4O2. The number of hydrogen-bond donors (Lipinski definition) is 2. The molecule has 0 atom stereocenters. The van der Waals surface area contributed by atoms with E-state index in [2.05, 4.69) is 20.8 Å². The summed E-state index contributed by atoms with van der Waals surface area (Å²) >= 11 is 0. The number of para-hydroxylation sites is 1. The third-order valence-corrected chi connectivity index (χ3v) is 4.16. The van der Waals surface area contributed by atoms with Crippen LogP contribution in [0.15, 0.2) is 54.6 Å². The molecule has 2 aromatic carbocycles. The Morgan fingerprint density at radius 3 is 2.56 bits per heavy atom. The molecule has 3 rings (SSSR count). The first-order valence-electron chi connectivity index (χ1n) is 8.75. The van der Waals surface area contributed by atoms with Crippen LogP contribution in [0.4, 0.5) is 17.2 Å². The minimum atomic E-state index is -0.289. The molecule has 0 unspecified atom stereocenters. The van der Waals surface area contributed by atoms with E-state index in [1.54, 1.807) is 19.2 Å². The number of methoxy groups -OCH3 is 1. The number of aromatic nitrogens is 2.